The van der Waals surface area contributed by atoms with Crippen molar-refractivity contribution in [2.45, 2.75) is 6.92 Å². The van der Waals surface area contributed by atoms with E-state index in [4.69, 9.17) is 4.74 Å². The molecule has 1 aromatic carbocycles. The number of nitrogens with zero attached hydrogens (tertiary/aromatic N) is 3. The average molecular weight is 263 g/mol. The van der Waals surface area contributed by atoms with Crippen LogP contribution in [0.3, 0.4) is 0 Å². The van der Waals surface area contributed by atoms with Crippen LogP contribution in [-0.2, 0) is 0 Å². The molecule has 0 radical (unpaired) electrons. The molecule has 0 aliphatic rings. The number of hydrogen-bond acceptors (Lipinski definition) is 4. The molecule has 0 saturated carbocycles. The van der Waals surface area contributed by atoms with Gasteiger partial charge in [0.05, 0.1) is 0 Å². The predicted molar refractivity (Wildman–Crippen MR) is 76.5 cm³/mol. The number of pyridine rings is 1. The third-order valence-electron chi connectivity index (χ3n) is 2.82. The van der Waals surface area contributed by atoms with Crippen LogP contribution in [0.2, 0.25) is 0 Å². The van der Waals surface area contributed by atoms with Gasteiger partial charge in [-0.05, 0) is 30.7 Å². The van der Waals surface area contributed by atoms with Gasteiger partial charge >= 0.3 is 6.01 Å². The fourth-order valence-corrected chi connectivity index (χ4v) is 1.84. The molecule has 0 spiro atoms. The van der Waals surface area contributed by atoms with Crippen LogP contribution in [0.4, 0.5) is 0 Å². The number of ether oxygens (including phenoxy) is 1. The van der Waals surface area contributed by atoms with Crippen LogP contribution in [0.15, 0.2) is 61.2 Å². The molecule has 4 heteroatoms. The number of aryl methyl sites for hydroxylation is 1. The molecule has 20 heavy (non-hydrogen) atoms. The molecule has 0 bridgehead atoms. The average Bonchev–Trinajstić information content (AvgIpc) is 2.49. The van der Waals surface area contributed by atoms with Crippen LogP contribution < -0.4 is 4.74 Å². The molecule has 0 N–H and O–H groups in total. The second-order valence-corrected chi connectivity index (χ2v) is 4.41. The zero-order valence-electron chi connectivity index (χ0n) is 11.0. The van der Waals surface area contributed by atoms with Crippen molar-refractivity contribution >= 4 is 0 Å². The molecular formula is C16H13N3O. The molecule has 0 saturated heterocycles. The lowest BCUT2D eigenvalue weighted by molar-refractivity contribution is 0.441. The van der Waals surface area contributed by atoms with E-state index in [1.807, 2.05) is 43.3 Å². The molecule has 4 nitrogen and oxygen atoms in total. The minimum Gasteiger partial charge on any atom is -0.424 e. The zero-order valence-corrected chi connectivity index (χ0v) is 11.0. The Balaban J connectivity index is 1.80. The first-order valence-corrected chi connectivity index (χ1v) is 6.28. The summed E-state index contributed by atoms with van der Waals surface area (Å²) in [5.41, 5.74) is 3.03. The Morgan fingerprint density at radius 1 is 0.900 bits per heavy atom. The summed E-state index contributed by atoms with van der Waals surface area (Å²) < 4.78 is 5.61. The van der Waals surface area contributed by atoms with Gasteiger partial charge < -0.3 is 4.74 Å². The van der Waals surface area contributed by atoms with Crippen molar-refractivity contribution in [1.82, 2.24) is 15.0 Å². The van der Waals surface area contributed by atoms with E-state index in [-0.39, 0.29) is 0 Å². The van der Waals surface area contributed by atoms with Gasteiger partial charge in [-0.2, -0.15) is 0 Å². The molecule has 0 aliphatic carbocycles. The highest BCUT2D eigenvalue weighted by atomic mass is 16.5. The van der Waals surface area contributed by atoms with Gasteiger partial charge in [0, 0.05) is 35.9 Å². The lowest BCUT2D eigenvalue weighted by atomic mass is 10.2. The van der Waals surface area contributed by atoms with Gasteiger partial charge in [-0.3, -0.25) is 4.98 Å². The van der Waals surface area contributed by atoms with Gasteiger partial charge in [-0.1, -0.05) is 18.2 Å². The lowest BCUT2D eigenvalue weighted by Gasteiger charge is -2.05. The van der Waals surface area contributed by atoms with E-state index in [2.05, 4.69) is 15.0 Å². The minimum absolute atomic E-state index is 0.336. The second-order valence-electron chi connectivity index (χ2n) is 4.41. The van der Waals surface area contributed by atoms with E-state index >= 15 is 0 Å². The van der Waals surface area contributed by atoms with E-state index in [0.29, 0.717) is 6.01 Å². The predicted octanol–water partition coefficient (Wildman–Crippen LogP) is 3.64. The zero-order chi connectivity index (χ0) is 13.8. The summed E-state index contributed by atoms with van der Waals surface area (Å²) in [6.07, 6.45) is 6.98. The van der Waals surface area contributed by atoms with E-state index in [1.54, 1.807) is 24.8 Å². The van der Waals surface area contributed by atoms with Gasteiger partial charge in [0.2, 0.25) is 0 Å². The van der Waals surface area contributed by atoms with E-state index < -0.39 is 0 Å². The monoisotopic (exact) mass is 263 g/mol. The third kappa shape index (κ3) is 2.80. The maximum absolute atomic E-state index is 5.61. The largest absolute Gasteiger partial charge is 0.424 e. The molecule has 0 fully saturated rings. The molecule has 0 unspecified atom stereocenters. The summed E-state index contributed by atoms with van der Waals surface area (Å²) >= 11 is 0. The van der Waals surface area contributed by atoms with Crippen LogP contribution in [0.25, 0.3) is 11.1 Å². The number of hydrogen-bond donors (Lipinski definition) is 0. The Bertz CT molecular complexity index is 696. The topological polar surface area (TPSA) is 47.9 Å². The van der Waals surface area contributed by atoms with Crippen molar-refractivity contribution in [2.24, 2.45) is 0 Å². The number of rotatable bonds is 3. The maximum atomic E-state index is 5.61. The molecule has 2 aromatic heterocycles. The van der Waals surface area contributed by atoms with E-state index in [0.717, 1.165) is 22.4 Å². The normalized spacial score (nSPS) is 10.2. The van der Waals surface area contributed by atoms with Crippen LogP contribution in [-0.4, -0.2) is 15.0 Å². The van der Waals surface area contributed by atoms with E-state index in [9.17, 15) is 0 Å². The standard InChI is InChI=1S/C16H13N3O/c1-12-4-2-6-15(8-12)20-16-18-10-14(11-19-16)13-5-3-7-17-9-13/h2-11H,1H3. The summed E-state index contributed by atoms with van der Waals surface area (Å²) in [4.78, 5) is 12.5. The van der Waals surface area contributed by atoms with Crippen LogP contribution >= 0.6 is 0 Å². The fourth-order valence-electron chi connectivity index (χ4n) is 1.84. The van der Waals surface area contributed by atoms with Gasteiger partial charge in [-0.15, -0.1) is 0 Å². The fraction of sp³-hybridized carbons (Fsp3) is 0.0625. The highest BCUT2D eigenvalue weighted by molar-refractivity contribution is 5.59. The molecule has 3 rings (SSSR count). The lowest BCUT2D eigenvalue weighted by Crippen LogP contribution is -1.92. The Morgan fingerprint density at radius 2 is 1.75 bits per heavy atom. The third-order valence-corrected chi connectivity index (χ3v) is 2.82. The van der Waals surface area contributed by atoms with Crippen LogP contribution in [0.5, 0.6) is 11.8 Å². The highest BCUT2D eigenvalue weighted by Crippen LogP contribution is 2.21. The van der Waals surface area contributed by atoms with Gasteiger partial charge in [0.25, 0.3) is 0 Å². The van der Waals surface area contributed by atoms with E-state index in [1.165, 1.54) is 0 Å². The van der Waals surface area contributed by atoms with Crippen molar-refractivity contribution in [3.8, 4) is 22.9 Å². The van der Waals surface area contributed by atoms with Gasteiger partial charge in [-0.25, -0.2) is 9.97 Å². The first kappa shape index (κ1) is 12.3. The number of benzene rings is 1. The summed E-state index contributed by atoms with van der Waals surface area (Å²) in [5.74, 6) is 0.735. The summed E-state index contributed by atoms with van der Waals surface area (Å²) in [5, 5.41) is 0. The Morgan fingerprint density at radius 3 is 2.45 bits per heavy atom. The molecule has 2 heterocycles. The van der Waals surface area contributed by atoms with Crippen molar-refractivity contribution in [3.05, 3.63) is 66.7 Å². The first-order valence-electron chi connectivity index (χ1n) is 6.28. The quantitative estimate of drug-likeness (QED) is 0.723. The molecule has 0 aliphatic heterocycles. The van der Waals surface area contributed by atoms with Crippen molar-refractivity contribution < 1.29 is 4.74 Å². The van der Waals surface area contributed by atoms with Crippen LogP contribution in [0.1, 0.15) is 5.56 Å². The summed E-state index contributed by atoms with van der Waals surface area (Å²) in [7, 11) is 0. The van der Waals surface area contributed by atoms with Crippen LogP contribution in [0, 0.1) is 6.92 Å². The highest BCUT2D eigenvalue weighted by Gasteiger charge is 2.02. The smallest absolute Gasteiger partial charge is 0.321 e. The molecule has 98 valence electrons. The molecule has 0 amide bonds. The van der Waals surface area contributed by atoms with Gasteiger partial charge in [0.1, 0.15) is 5.75 Å². The summed E-state index contributed by atoms with van der Waals surface area (Å²) in [6, 6.07) is 12.0. The maximum Gasteiger partial charge on any atom is 0.321 e. The Labute approximate surface area is 117 Å². The summed E-state index contributed by atoms with van der Waals surface area (Å²) in [6.45, 7) is 2.01. The second kappa shape index (κ2) is 5.48. The van der Waals surface area contributed by atoms with Crippen molar-refractivity contribution in [3.63, 3.8) is 0 Å². The van der Waals surface area contributed by atoms with Crippen molar-refractivity contribution in [1.29, 1.82) is 0 Å². The molecule has 3 aromatic rings. The molecular weight excluding hydrogens is 250 g/mol. The van der Waals surface area contributed by atoms with Crippen molar-refractivity contribution in [2.75, 3.05) is 0 Å². The Hall–Kier alpha value is -2.75. The van der Waals surface area contributed by atoms with Gasteiger partial charge in [0.15, 0.2) is 0 Å². The molecule has 0 atom stereocenters. The minimum atomic E-state index is 0.336. The SMILES string of the molecule is Cc1cccc(Oc2ncc(-c3cccnc3)cn2)c1. The Kier molecular flexibility index (Phi) is 3.37. The first-order chi connectivity index (χ1) is 9.81. The number of aromatic nitrogens is 3.